The smallest absolute Gasteiger partial charge is 0.336 e. The molecule has 0 aromatic heterocycles. The van der Waals surface area contributed by atoms with Crippen LogP contribution < -0.4 is 9.62 Å². The highest BCUT2D eigenvalue weighted by atomic mass is 32.2. The maximum atomic E-state index is 13.0. The molecule has 0 saturated heterocycles. The van der Waals surface area contributed by atoms with E-state index < -0.39 is 34.8 Å². The lowest BCUT2D eigenvalue weighted by atomic mass is 9.98. The van der Waals surface area contributed by atoms with Gasteiger partial charge >= 0.3 is 16.3 Å². The molecule has 0 heterocycles. The molecule has 2 rings (SSSR count). The van der Waals surface area contributed by atoms with E-state index >= 15 is 0 Å². The van der Waals surface area contributed by atoms with Crippen molar-refractivity contribution < 1.29 is 26.9 Å². The number of esters is 1. The minimum Gasteiger partial charge on any atom is -0.467 e. The van der Waals surface area contributed by atoms with Crippen molar-refractivity contribution in [3.05, 3.63) is 41.5 Å². The Morgan fingerprint density at radius 1 is 1.21 bits per heavy atom. The molecule has 0 aliphatic carbocycles. The molecule has 9 heteroatoms. The van der Waals surface area contributed by atoms with Gasteiger partial charge in [-0.15, -0.1) is 0 Å². The molecule has 0 unspecified atom stereocenters. The van der Waals surface area contributed by atoms with Crippen LogP contribution in [0, 0.1) is 13.8 Å². The number of carbonyl (C=O) groups is 2. The maximum absolute atomic E-state index is 13.0. The van der Waals surface area contributed by atoms with Crippen molar-refractivity contribution in [3.63, 3.8) is 0 Å². The van der Waals surface area contributed by atoms with Gasteiger partial charge in [-0.05, 0) is 37.3 Å². The summed E-state index contributed by atoms with van der Waals surface area (Å²) in [6, 6.07) is 8.45. The summed E-state index contributed by atoms with van der Waals surface area (Å²) in [6.45, 7) is 4.50. The molecule has 0 spiro atoms. The quantitative estimate of drug-likeness (QED) is 0.702. The number of hydrogen-bond acceptors (Lipinski definition) is 6. The number of methoxy groups -OCH3 is 1. The van der Waals surface area contributed by atoms with Crippen molar-refractivity contribution >= 4 is 38.6 Å². The maximum Gasteiger partial charge on any atom is 0.336 e. The summed E-state index contributed by atoms with van der Waals surface area (Å²) in [5, 5.41) is 1.64. The summed E-state index contributed by atoms with van der Waals surface area (Å²) in [5.41, 5.74) is 2.23. The molecule has 0 aliphatic rings. The Labute approximate surface area is 164 Å². The van der Waals surface area contributed by atoms with Crippen LogP contribution in [0.5, 0.6) is 0 Å². The number of benzene rings is 2. The van der Waals surface area contributed by atoms with Crippen LogP contribution in [0.25, 0.3) is 10.8 Å². The van der Waals surface area contributed by atoms with E-state index in [2.05, 4.69) is 0 Å². The molecule has 0 aliphatic heterocycles. The van der Waals surface area contributed by atoms with Crippen LogP contribution in [0.4, 0.5) is 5.69 Å². The van der Waals surface area contributed by atoms with Gasteiger partial charge in [0.2, 0.25) is 0 Å². The van der Waals surface area contributed by atoms with Gasteiger partial charge in [-0.2, -0.15) is 13.1 Å². The molecule has 0 saturated carbocycles. The van der Waals surface area contributed by atoms with Gasteiger partial charge < -0.3 is 4.74 Å². The van der Waals surface area contributed by atoms with E-state index in [9.17, 15) is 18.0 Å². The standard InChI is InChI=1S/C19H24N2O6S/c1-12-10-15-8-6-7-9-16(15)18(13(12)2)21(14(3)19(23)26-5)17(22)11-27-28(24,25)20-4/h6-10,14,20H,11H2,1-5H3/t14-/m0/s1. The van der Waals surface area contributed by atoms with Crippen molar-refractivity contribution in [1.29, 1.82) is 0 Å². The fraction of sp³-hybridized carbons (Fsp3) is 0.368. The van der Waals surface area contributed by atoms with Crippen LogP contribution in [-0.4, -0.2) is 47.1 Å². The van der Waals surface area contributed by atoms with E-state index in [-0.39, 0.29) is 0 Å². The van der Waals surface area contributed by atoms with Gasteiger partial charge in [0.15, 0.2) is 0 Å². The van der Waals surface area contributed by atoms with Gasteiger partial charge in [-0.1, -0.05) is 30.3 Å². The number of aryl methyl sites for hydroxylation is 1. The Bertz CT molecular complexity index is 1000. The largest absolute Gasteiger partial charge is 0.467 e. The fourth-order valence-corrected chi connectivity index (χ4v) is 3.32. The molecule has 152 valence electrons. The molecule has 8 nitrogen and oxygen atoms in total. The Morgan fingerprint density at radius 2 is 1.86 bits per heavy atom. The first-order valence-electron chi connectivity index (χ1n) is 8.59. The zero-order chi connectivity index (χ0) is 21.1. The Kier molecular flexibility index (Phi) is 6.76. The molecule has 1 N–H and O–H groups in total. The minimum atomic E-state index is -4.06. The highest BCUT2D eigenvalue weighted by molar-refractivity contribution is 7.84. The van der Waals surface area contributed by atoms with E-state index in [1.165, 1.54) is 26.0 Å². The Hall–Kier alpha value is -2.49. The zero-order valence-electron chi connectivity index (χ0n) is 16.5. The van der Waals surface area contributed by atoms with Crippen LogP contribution >= 0.6 is 0 Å². The second kappa shape index (κ2) is 8.68. The Morgan fingerprint density at radius 3 is 2.46 bits per heavy atom. The molecule has 2 aromatic carbocycles. The number of fused-ring (bicyclic) bond motifs is 1. The fourth-order valence-electron chi connectivity index (χ4n) is 2.95. The molecule has 0 bridgehead atoms. The zero-order valence-corrected chi connectivity index (χ0v) is 17.3. The van der Waals surface area contributed by atoms with E-state index in [0.29, 0.717) is 5.69 Å². The number of carbonyl (C=O) groups excluding carboxylic acids is 2. The topological polar surface area (TPSA) is 102 Å². The minimum absolute atomic E-state index is 0.518. The molecular formula is C19H24N2O6S. The number of rotatable bonds is 7. The summed E-state index contributed by atoms with van der Waals surface area (Å²) in [5.74, 6) is -1.31. The van der Waals surface area contributed by atoms with Gasteiger partial charge in [-0.25, -0.2) is 8.98 Å². The van der Waals surface area contributed by atoms with Crippen molar-refractivity contribution in [1.82, 2.24) is 4.72 Å². The second-order valence-electron chi connectivity index (χ2n) is 6.27. The monoisotopic (exact) mass is 408 g/mol. The highest BCUT2D eigenvalue weighted by Gasteiger charge is 2.31. The lowest BCUT2D eigenvalue weighted by Crippen LogP contribution is -2.46. The van der Waals surface area contributed by atoms with Gasteiger partial charge in [0.1, 0.15) is 12.6 Å². The number of anilines is 1. The normalized spacial score (nSPS) is 12.6. The lowest BCUT2D eigenvalue weighted by molar-refractivity contribution is -0.143. The van der Waals surface area contributed by atoms with E-state index in [1.54, 1.807) is 0 Å². The Balaban J connectivity index is 2.63. The molecular weight excluding hydrogens is 384 g/mol. The van der Waals surface area contributed by atoms with Crippen molar-refractivity contribution in [2.24, 2.45) is 0 Å². The summed E-state index contributed by atoms with van der Waals surface area (Å²) in [4.78, 5) is 26.4. The van der Waals surface area contributed by atoms with Crippen LogP contribution in [0.3, 0.4) is 0 Å². The molecule has 28 heavy (non-hydrogen) atoms. The molecule has 1 atom stereocenters. The van der Waals surface area contributed by atoms with Crippen molar-refractivity contribution in [2.45, 2.75) is 26.8 Å². The first kappa shape index (κ1) is 21.8. The van der Waals surface area contributed by atoms with Crippen molar-refractivity contribution in [3.8, 4) is 0 Å². The molecule has 0 fully saturated rings. The summed E-state index contributed by atoms with van der Waals surface area (Å²) in [6.07, 6.45) is 0. The average Bonchev–Trinajstić information content (AvgIpc) is 2.68. The third-order valence-electron chi connectivity index (χ3n) is 4.56. The van der Waals surface area contributed by atoms with Gasteiger partial charge in [-0.3, -0.25) is 9.69 Å². The molecule has 1 amide bonds. The predicted octanol–water partition coefficient (Wildman–Crippen LogP) is 1.83. The van der Waals surface area contributed by atoms with Crippen LogP contribution in [0.15, 0.2) is 30.3 Å². The molecule has 2 aromatic rings. The number of nitrogens with one attached hydrogen (secondary N) is 1. The third kappa shape index (κ3) is 4.49. The number of hydrogen-bond donors (Lipinski definition) is 1. The van der Waals surface area contributed by atoms with Gasteiger partial charge in [0.25, 0.3) is 5.91 Å². The van der Waals surface area contributed by atoms with Crippen LogP contribution in [0.2, 0.25) is 0 Å². The highest BCUT2D eigenvalue weighted by Crippen LogP contribution is 2.34. The first-order chi connectivity index (χ1) is 13.1. The van der Waals surface area contributed by atoms with Crippen LogP contribution in [0.1, 0.15) is 18.1 Å². The average molecular weight is 408 g/mol. The summed E-state index contributed by atoms with van der Waals surface area (Å²) < 4.78 is 34.6. The third-order valence-corrected chi connectivity index (χ3v) is 5.49. The second-order valence-corrected chi connectivity index (χ2v) is 7.82. The predicted molar refractivity (Wildman–Crippen MR) is 106 cm³/mol. The van der Waals surface area contributed by atoms with E-state index in [1.807, 2.05) is 48.9 Å². The molecule has 0 radical (unpaired) electrons. The number of ether oxygens (including phenoxy) is 1. The van der Waals surface area contributed by atoms with Crippen LogP contribution in [-0.2, 0) is 28.8 Å². The summed E-state index contributed by atoms with van der Waals surface area (Å²) >= 11 is 0. The SMILES string of the molecule is CNS(=O)(=O)OCC(=O)N(c1c(C)c(C)cc2ccccc12)[C@@H](C)C(=O)OC. The summed E-state index contributed by atoms with van der Waals surface area (Å²) in [7, 11) is -1.66. The first-order valence-corrected chi connectivity index (χ1v) is 10.0. The number of nitrogens with zero attached hydrogens (tertiary/aromatic N) is 1. The van der Waals surface area contributed by atoms with Gasteiger partial charge in [0.05, 0.1) is 12.8 Å². The van der Waals surface area contributed by atoms with E-state index in [4.69, 9.17) is 8.92 Å². The van der Waals surface area contributed by atoms with Gasteiger partial charge in [0, 0.05) is 12.4 Å². The lowest BCUT2D eigenvalue weighted by Gasteiger charge is -2.30. The van der Waals surface area contributed by atoms with Crippen molar-refractivity contribution in [2.75, 3.05) is 25.7 Å². The number of amides is 1. The van der Waals surface area contributed by atoms with E-state index in [0.717, 1.165) is 21.9 Å².